The molecule has 0 saturated heterocycles. The van der Waals surface area contributed by atoms with Crippen LogP contribution in [0.2, 0.25) is 0 Å². The number of hydrogen-bond acceptors (Lipinski definition) is 8. The average Bonchev–Trinajstić information content (AvgIpc) is 2.70. The Morgan fingerprint density at radius 1 is 0.906 bits per heavy atom. The Morgan fingerprint density at radius 2 is 1.56 bits per heavy atom. The molecule has 32 heavy (non-hydrogen) atoms. The normalized spacial score (nSPS) is 16.9. The summed E-state index contributed by atoms with van der Waals surface area (Å²) in [6.45, 7) is 2.81. The van der Waals surface area contributed by atoms with Gasteiger partial charge in [-0.1, -0.05) is 18.2 Å². The number of rotatable bonds is 3. The van der Waals surface area contributed by atoms with Crippen molar-refractivity contribution in [2.75, 3.05) is 7.11 Å². The molecule has 0 bridgehead atoms. The molecule has 1 aliphatic rings. The summed E-state index contributed by atoms with van der Waals surface area (Å²) in [4.78, 5) is 25.5. The molecule has 164 valence electrons. The molecule has 0 radical (unpaired) electrons. The molecule has 5 N–H and O–H groups in total. The number of fused-ring (bicyclic) bond motifs is 2. The van der Waals surface area contributed by atoms with Crippen LogP contribution in [-0.2, 0) is 5.60 Å². The van der Waals surface area contributed by atoms with Crippen LogP contribution in [0.4, 0.5) is 0 Å². The zero-order valence-electron chi connectivity index (χ0n) is 17.4. The molecule has 3 aromatic carbocycles. The Labute approximate surface area is 182 Å². The van der Waals surface area contributed by atoms with Crippen molar-refractivity contribution in [2.45, 2.75) is 19.4 Å². The molecule has 8 nitrogen and oxygen atoms in total. The number of methoxy groups -OCH3 is 1. The summed E-state index contributed by atoms with van der Waals surface area (Å²) in [5, 5.41) is 54.4. The van der Waals surface area contributed by atoms with E-state index in [0.29, 0.717) is 5.56 Å². The largest absolute Gasteiger partial charge is 0.507 e. The average molecular weight is 436 g/mol. The fraction of sp³-hybridized carbons (Fsp3) is 0.167. The topological polar surface area (TPSA) is 145 Å². The van der Waals surface area contributed by atoms with E-state index in [1.807, 2.05) is 0 Å². The minimum absolute atomic E-state index is 0.0770. The van der Waals surface area contributed by atoms with E-state index < -0.39 is 40.2 Å². The lowest BCUT2D eigenvalue weighted by Gasteiger charge is -2.38. The van der Waals surface area contributed by atoms with Crippen LogP contribution in [0.5, 0.6) is 28.7 Å². The molecule has 0 spiro atoms. The van der Waals surface area contributed by atoms with Gasteiger partial charge in [0.05, 0.1) is 23.8 Å². The zero-order chi connectivity index (χ0) is 23.5. The van der Waals surface area contributed by atoms with E-state index in [4.69, 9.17) is 4.74 Å². The number of aliphatic hydroxyl groups is 1. The molecule has 0 heterocycles. The number of ketones is 2. The van der Waals surface area contributed by atoms with Crippen LogP contribution in [0.1, 0.15) is 55.5 Å². The Bertz CT molecular complexity index is 1320. The third-order valence-electron chi connectivity index (χ3n) is 5.70. The van der Waals surface area contributed by atoms with Gasteiger partial charge in [-0.05, 0) is 31.5 Å². The smallest absolute Gasteiger partial charge is 0.201 e. The number of benzene rings is 3. The summed E-state index contributed by atoms with van der Waals surface area (Å²) < 4.78 is 5.35. The maximum Gasteiger partial charge on any atom is 0.201 e. The highest BCUT2D eigenvalue weighted by Crippen LogP contribution is 2.55. The summed E-state index contributed by atoms with van der Waals surface area (Å²) in [5.74, 6) is -3.69. The lowest BCUT2D eigenvalue weighted by atomic mass is 9.69. The number of aryl methyl sites for hydroxylation is 1. The van der Waals surface area contributed by atoms with E-state index in [1.54, 1.807) is 6.92 Å². The van der Waals surface area contributed by atoms with Gasteiger partial charge in [0.2, 0.25) is 5.78 Å². The van der Waals surface area contributed by atoms with E-state index in [0.717, 1.165) is 6.07 Å². The molecule has 8 heteroatoms. The van der Waals surface area contributed by atoms with Gasteiger partial charge < -0.3 is 30.3 Å². The van der Waals surface area contributed by atoms with Gasteiger partial charge >= 0.3 is 0 Å². The number of carbonyl (C=O) groups is 2. The highest BCUT2D eigenvalue weighted by Gasteiger charge is 2.50. The Hall–Kier alpha value is -4.04. The van der Waals surface area contributed by atoms with E-state index in [1.165, 1.54) is 44.4 Å². The number of ether oxygens (including phenoxy) is 1. The fourth-order valence-electron chi connectivity index (χ4n) is 4.44. The van der Waals surface area contributed by atoms with Crippen molar-refractivity contribution < 1.29 is 39.9 Å². The summed E-state index contributed by atoms with van der Waals surface area (Å²) in [5.41, 5.74) is -3.17. The van der Waals surface area contributed by atoms with Crippen molar-refractivity contribution >= 4 is 11.6 Å². The van der Waals surface area contributed by atoms with Crippen LogP contribution in [-0.4, -0.2) is 44.2 Å². The van der Waals surface area contributed by atoms with Gasteiger partial charge in [0.25, 0.3) is 0 Å². The van der Waals surface area contributed by atoms with Crippen LogP contribution in [0, 0.1) is 6.92 Å². The van der Waals surface area contributed by atoms with Crippen molar-refractivity contribution in [1.82, 2.24) is 0 Å². The molecule has 0 amide bonds. The summed E-state index contributed by atoms with van der Waals surface area (Å²) >= 11 is 0. The lowest BCUT2D eigenvalue weighted by Crippen LogP contribution is -2.37. The van der Waals surface area contributed by atoms with Crippen molar-refractivity contribution in [3.8, 4) is 28.7 Å². The molecule has 0 aromatic heterocycles. The van der Waals surface area contributed by atoms with E-state index in [-0.39, 0.29) is 39.1 Å². The van der Waals surface area contributed by atoms with Crippen LogP contribution >= 0.6 is 0 Å². The second kappa shape index (κ2) is 7.00. The molecule has 0 fully saturated rings. The van der Waals surface area contributed by atoms with Crippen molar-refractivity contribution in [3.05, 3.63) is 75.3 Å². The Kier molecular flexibility index (Phi) is 4.64. The maximum absolute atomic E-state index is 13.2. The molecule has 4 rings (SSSR count). The molecular formula is C24H20O8. The number of Topliss-reactive ketones (excluding diaryl/α,β-unsaturated/α-hetero) is 1. The zero-order valence-corrected chi connectivity index (χ0v) is 17.4. The van der Waals surface area contributed by atoms with Gasteiger partial charge in [0.1, 0.15) is 39.9 Å². The van der Waals surface area contributed by atoms with Gasteiger partial charge in [-0.3, -0.25) is 9.59 Å². The summed E-state index contributed by atoms with van der Waals surface area (Å²) in [7, 11) is 1.19. The lowest BCUT2D eigenvalue weighted by molar-refractivity contribution is 0.0915. The molecule has 0 saturated carbocycles. The van der Waals surface area contributed by atoms with Gasteiger partial charge in [0, 0.05) is 17.2 Å². The summed E-state index contributed by atoms with van der Waals surface area (Å²) in [6, 6.07) is 7.72. The Morgan fingerprint density at radius 3 is 2.19 bits per heavy atom. The highest BCUT2D eigenvalue weighted by molar-refractivity contribution is 6.16. The van der Waals surface area contributed by atoms with Gasteiger partial charge in [-0.2, -0.15) is 0 Å². The predicted octanol–water partition coefficient (Wildman–Crippen LogP) is 2.86. The van der Waals surface area contributed by atoms with E-state index in [9.17, 15) is 35.1 Å². The van der Waals surface area contributed by atoms with Crippen LogP contribution in [0.15, 0.2) is 36.4 Å². The number of aromatic hydroxyl groups is 4. The first-order valence-corrected chi connectivity index (χ1v) is 9.61. The second-order valence-corrected chi connectivity index (χ2v) is 7.70. The Balaban J connectivity index is 2.27. The molecule has 1 unspecified atom stereocenters. The van der Waals surface area contributed by atoms with Crippen molar-refractivity contribution in [1.29, 1.82) is 0 Å². The number of phenols is 4. The molecular weight excluding hydrogens is 416 g/mol. The van der Waals surface area contributed by atoms with Gasteiger partial charge in [0.15, 0.2) is 5.78 Å². The quantitative estimate of drug-likeness (QED) is 0.394. The van der Waals surface area contributed by atoms with Crippen molar-refractivity contribution in [3.63, 3.8) is 0 Å². The third kappa shape index (κ3) is 2.66. The number of phenolic OH excluding ortho intramolecular Hbond substituents is 4. The first kappa shape index (κ1) is 21.2. The molecule has 3 aromatic rings. The monoisotopic (exact) mass is 436 g/mol. The molecule has 0 aliphatic heterocycles. The minimum Gasteiger partial charge on any atom is -0.507 e. The minimum atomic E-state index is -2.34. The second-order valence-electron chi connectivity index (χ2n) is 7.70. The first-order chi connectivity index (χ1) is 15.0. The number of carbonyl (C=O) groups excluding carboxylic acids is 2. The standard InChI is InChI=1S/C24H20O8/c1-10-7-13-20(15(27)8-10)22(30)19-12(5-4-6-14(19)26)24(13,31)21-17(29)9-16(28)18(11(2)25)23(21)32-3/h4-9,26-29,31H,1-3H3. The summed E-state index contributed by atoms with van der Waals surface area (Å²) in [6.07, 6.45) is 0. The highest BCUT2D eigenvalue weighted by atomic mass is 16.5. The van der Waals surface area contributed by atoms with Crippen LogP contribution in [0.3, 0.4) is 0 Å². The predicted molar refractivity (Wildman–Crippen MR) is 113 cm³/mol. The van der Waals surface area contributed by atoms with Gasteiger partial charge in [-0.15, -0.1) is 0 Å². The van der Waals surface area contributed by atoms with Gasteiger partial charge in [-0.25, -0.2) is 0 Å². The molecule has 1 aliphatic carbocycles. The number of hydrogen-bond donors (Lipinski definition) is 5. The first-order valence-electron chi connectivity index (χ1n) is 9.61. The molecule has 1 atom stereocenters. The third-order valence-corrected chi connectivity index (χ3v) is 5.70. The van der Waals surface area contributed by atoms with E-state index >= 15 is 0 Å². The van der Waals surface area contributed by atoms with Crippen molar-refractivity contribution in [2.24, 2.45) is 0 Å². The van der Waals surface area contributed by atoms with E-state index in [2.05, 4.69) is 0 Å². The van der Waals surface area contributed by atoms with Crippen LogP contribution in [0.25, 0.3) is 0 Å². The fourth-order valence-corrected chi connectivity index (χ4v) is 4.44. The van der Waals surface area contributed by atoms with Crippen LogP contribution < -0.4 is 4.74 Å². The maximum atomic E-state index is 13.2. The SMILES string of the molecule is COc1c(C(C)=O)c(O)cc(O)c1C1(O)c2cccc(O)c2C(=O)c2c(O)cc(C)cc21.